The summed E-state index contributed by atoms with van der Waals surface area (Å²) >= 11 is 3.44. The van der Waals surface area contributed by atoms with Crippen molar-refractivity contribution < 1.29 is 0 Å². The highest BCUT2D eigenvalue weighted by Crippen LogP contribution is 2.30. The van der Waals surface area contributed by atoms with Gasteiger partial charge >= 0.3 is 0 Å². The summed E-state index contributed by atoms with van der Waals surface area (Å²) < 4.78 is 0. The summed E-state index contributed by atoms with van der Waals surface area (Å²) in [6, 6.07) is 4.29. The highest BCUT2D eigenvalue weighted by atomic mass is 32.1. The first kappa shape index (κ1) is 13.3. The number of hydrogen-bond acceptors (Lipinski definition) is 6. The van der Waals surface area contributed by atoms with Gasteiger partial charge in [-0.3, -0.25) is 0 Å². The molecular weight excluding hydrogens is 288 g/mol. The zero-order valence-corrected chi connectivity index (χ0v) is 13.1. The van der Waals surface area contributed by atoms with Crippen LogP contribution in [0.1, 0.15) is 22.2 Å². The lowest BCUT2D eigenvalue weighted by atomic mass is 10.3. The summed E-state index contributed by atoms with van der Waals surface area (Å²) in [7, 11) is 0. The van der Waals surface area contributed by atoms with E-state index in [4.69, 9.17) is 5.73 Å². The second kappa shape index (κ2) is 5.38. The van der Waals surface area contributed by atoms with Crippen LogP contribution in [0.4, 0.5) is 11.8 Å². The first-order chi connectivity index (χ1) is 9.67. The van der Waals surface area contributed by atoms with E-state index in [1.807, 2.05) is 0 Å². The van der Waals surface area contributed by atoms with Gasteiger partial charge < -0.3 is 11.1 Å². The average Bonchev–Trinajstić information content (AvgIpc) is 3.01. The number of thiophene rings is 2. The zero-order chi connectivity index (χ0) is 14.1. The smallest absolute Gasteiger partial charge is 0.223 e. The SMILES string of the molecule is CCc1cc2c(NCc3sccc3C)nc(N)nc2s1. The van der Waals surface area contributed by atoms with Crippen LogP contribution in [-0.2, 0) is 13.0 Å². The number of nitrogens with two attached hydrogens (primary N) is 1. The molecule has 0 saturated carbocycles. The normalized spacial score (nSPS) is 11.1. The molecule has 0 aliphatic rings. The lowest BCUT2D eigenvalue weighted by Gasteiger charge is -2.06. The van der Waals surface area contributed by atoms with Gasteiger partial charge in [0.05, 0.1) is 11.9 Å². The molecule has 6 heteroatoms. The minimum atomic E-state index is 0.326. The molecule has 0 unspecified atom stereocenters. The van der Waals surface area contributed by atoms with Crippen LogP contribution < -0.4 is 11.1 Å². The van der Waals surface area contributed by atoms with Crippen LogP contribution in [0.15, 0.2) is 17.5 Å². The summed E-state index contributed by atoms with van der Waals surface area (Å²) in [5, 5.41) is 6.57. The summed E-state index contributed by atoms with van der Waals surface area (Å²) in [6.45, 7) is 5.03. The predicted molar refractivity (Wildman–Crippen MR) is 87.6 cm³/mol. The minimum Gasteiger partial charge on any atom is -0.368 e. The third-order valence-corrected chi connectivity index (χ3v) is 5.39. The van der Waals surface area contributed by atoms with Gasteiger partial charge in [0.25, 0.3) is 0 Å². The summed E-state index contributed by atoms with van der Waals surface area (Å²) in [5.41, 5.74) is 7.11. The van der Waals surface area contributed by atoms with Crippen LogP contribution in [0.25, 0.3) is 10.2 Å². The van der Waals surface area contributed by atoms with Crippen LogP contribution in [-0.4, -0.2) is 9.97 Å². The largest absolute Gasteiger partial charge is 0.368 e. The highest BCUT2D eigenvalue weighted by Gasteiger charge is 2.10. The molecule has 4 nitrogen and oxygen atoms in total. The van der Waals surface area contributed by atoms with Crippen molar-refractivity contribution in [1.82, 2.24) is 9.97 Å². The molecule has 0 aliphatic carbocycles. The Morgan fingerprint density at radius 1 is 1.35 bits per heavy atom. The third-order valence-electron chi connectivity index (χ3n) is 3.19. The molecule has 104 valence electrons. The Morgan fingerprint density at radius 2 is 2.20 bits per heavy atom. The van der Waals surface area contributed by atoms with E-state index in [0.29, 0.717) is 5.95 Å². The first-order valence-electron chi connectivity index (χ1n) is 6.50. The second-order valence-electron chi connectivity index (χ2n) is 4.60. The summed E-state index contributed by atoms with van der Waals surface area (Å²) in [6.07, 6.45) is 1.00. The van der Waals surface area contributed by atoms with Crippen LogP contribution in [0.3, 0.4) is 0 Å². The van der Waals surface area contributed by atoms with Crippen molar-refractivity contribution in [2.45, 2.75) is 26.8 Å². The van der Waals surface area contributed by atoms with E-state index in [1.165, 1.54) is 15.3 Å². The fourth-order valence-corrected chi connectivity index (χ4v) is 3.87. The van der Waals surface area contributed by atoms with E-state index in [9.17, 15) is 0 Å². The highest BCUT2D eigenvalue weighted by molar-refractivity contribution is 7.18. The van der Waals surface area contributed by atoms with Crippen molar-refractivity contribution in [3.8, 4) is 0 Å². The number of aromatic nitrogens is 2. The molecule has 3 heterocycles. The number of hydrogen-bond donors (Lipinski definition) is 2. The number of aryl methyl sites for hydroxylation is 2. The molecule has 0 aliphatic heterocycles. The molecule has 0 atom stereocenters. The van der Waals surface area contributed by atoms with Gasteiger partial charge in [-0.1, -0.05) is 6.92 Å². The third kappa shape index (κ3) is 2.48. The molecule has 0 amide bonds. The topological polar surface area (TPSA) is 63.8 Å². The van der Waals surface area contributed by atoms with E-state index in [-0.39, 0.29) is 0 Å². The molecule has 0 spiro atoms. The summed E-state index contributed by atoms with van der Waals surface area (Å²) in [5.74, 6) is 1.16. The maximum Gasteiger partial charge on any atom is 0.223 e. The molecule has 3 N–H and O–H groups in total. The van der Waals surface area contributed by atoms with Gasteiger partial charge in [0.2, 0.25) is 5.95 Å². The van der Waals surface area contributed by atoms with Crippen molar-refractivity contribution in [3.05, 3.63) is 32.8 Å². The Balaban J connectivity index is 1.93. The van der Waals surface area contributed by atoms with E-state index >= 15 is 0 Å². The van der Waals surface area contributed by atoms with Crippen LogP contribution in [0.2, 0.25) is 0 Å². The molecule has 0 bridgehead atoms. The Bertz CT molecular complexity index is 745. The predicted octanol–water partition coefficient (Wildman–Crippen LogP) is 3.82. The summed E-state index contributed by atoms with van der Waals surface area (Å²) in [4.78, 5) is 12.2. The number of nitrogens with zero attached hydrogens (tertiary/aromatic N) is 2. The maximum atomic E-state index is 5.80. The van der Waals surface area contributed by atoms with E-state index in [0.717, 1.165) is 29.0 Å². The Hall–Kier alpha value is -1.66. The van der Waals surface area contributed by atoms with Gasteiger partial charge in [0, 0.05) is 9.75 Å². The molecule has 0 aromatic carbocycles. The first-order valence-corrected chi connectivity index (χ1v) is 8.19. The number of rotatable bonds is 4. The lowest BCUT2D eigenvalue weighted by molar-refractivity contribution is 1.12. The average molecular weight is 304 g/mol. The van der Waals surface area contributed by atoms with Crippen molar-refractivity contribution >= 4 is 44.7 Å². The van der Waals surface area contributed by atoms with Gasteiger partial charge in [0.15, 0.2) is 0 Å². The fraction of sp³-hybridized carbons (Fsp3) is 0.286. The van der Waals surface area contributed by atoms with Crippen molar-refractivity contribution in [3.63, 3.8) is 0 Å². The second-order valence-corrected chi connectivity index (χ2v) is 6.71. The number of nitrogen functional groups attached to an aromatic ring is 1. The van der Waals surface area contributed by atoms with Crippen molar-refractivity contribution in [2.75, 3.05) is 11.1 Å². The molecule has 0 fully saturated rings. The minimum absolute atomic E-state index is 0.326. The lowest BCUT2D eigenvalue weighted by Crippen LogP contribution is -2.04. The quantitative estimate of drug-likeness (QED) is 0.769. The van der Waals surface area contributed by atoms with Gasteiger partial charge in [-0.15, -0.1) is 22.7 Å². The Morgan fingerprint density at radius 3 is 2.90 bits per heavy atom. The fourth-order valence-electron chi connectivity index (χ4n) is 2.05. The standard InChI is InChI=1S/C14H16N4S2/c1-3-9-6-10-12(17-14(15)18-13(10)20-9)16-7-11-8(2)4-5-19-11/h4-6H,3,7H2,1-2H3,(H3,15,16,17,18). The van der Waals surface area contributed by atoms with Gasteiger partial charge in [-0.2, -0.15) is 4.98 Å². The molecule has 0 radical (unpaired) electrons. The number of fused-ring (bicyclic) bond motifs is 1. The molecule has 0 saturated heterocycles. The Labute approximate surface area is 125 Å². The van der Waals surface area contributed by atoms with Gasteiger partial charge in [-0.05, 0) is 36.4 Å². The van der Waals surface area contributed by atoms with Crippen molar-refractivity contribution in [2.24, 2.45) is 0 Å². The van der Waals surface area contributed by atoms with Crippen LogP contribution >= 0.6 is 22.7 Å². The number of nitrogens with one attached hydrogen (secondary N) is 1. The molecule has 3 rings (SSSR count). The van der Waals surface area contributed by atoms with E-state index < -0.39 is 0 Å². The molecule has 3 aromatic rings. The van der Waals surface area contributed by atoms with E-state index in [1.54, 1.807) is 22.7 Å². The molecular formula is C14H16N4S2. The number of anilines is 2. The zero-order valence-electron chi connectivity index (χ0n) is 11.4. The molecule has 20 heavy (non-hydrogen) atoms. The molecule has 3 aromatic heterocycles. The van der Waals surface area contributed by atoms with E-state index in [2.05, 4.69) is 46.6 Å². The van der Waals surface area contributed by atoms with Crippen LogP contribution in [0, 0.1) is 6.92 Å². The van der Waals surface area contributed by atoms with Crippen molar-refractivity contribution in [1.29, 1.82) is 0 Å². The van der Waals surface area contributed by atoms with Crippen LogP contribution in [0.5, 0.6) is 0 Å². The van der Waals surface area contributed by atoms with Gasteiger partial charge in [0.1, 0.15) is 10.6 Å². The monoisotopic (exact) mass is 304 g/mol. The van der Waals surface area contributed by atoms with Gasteiger partial charge in [-0.25, -0.2) is 4.98 Å². The maximum absolute atomic E-state index is 5.80. The Kier molecular flexibility index (Phi) is 3.58.